The molecule has 1 unspecified atom stereocenters. The maximum absolute atomic E-state index is 11.1. The monoisotopic (exact) mass is 233 g/mol. The van der Waals surface area contributed by atoms with Crippen LogP contribution in [-0.2, 0) is 4.79 Å². The average Bonchev–Trinajstić information content (AvgIpc) is 2.37. The van der Waals surface area contributed by atoms with Gasteiger partial charge in [0.15, 0.2) is 0 Å². The van der Waals surface area contributed by atoms with Crippen molar-refractivity contribution >= 4 is 5.91 Å². The van der Waals surface area contributed by atoms with Gasteiger partial charge in [0.1, 0.15) is 11.5 Å². The Bertz CT molecular complexity index is 448. The molecule has 0 aliphatic heterocycles. The van der Waals surface area contributed by atoms with E-state index in [-0.39, 0.29) is 6.04 Å². The molecule has 0 aromatic heterocycles. The molecular weight excluding hydrogens is 218 g/mol. The molecule has 0 aliphatic carbocycles. The third kappa shape index (κ3) is 3.15. The first kappa shape index (κ1) is 12.9. The van der Waals surface area contributed by atoms with E-state index in [0.29, 0.717) is 11.5 Å². The Morgan fingerprint density at radius 2 is 2.12 bits per heavy atom. The number of benzene rings is 1. The van der Waals surface area contributed by atoms with Crippen molar-refractivity contribution in [3.05, 3.63) is 23.8 Å². The highest BCUT2D eigenvalue weighted by atomic mass is 16.5. The third-order valence-corrected chi connectivity index (χ3v) is 2.38. The van der Waals surface area contributed by atoms with Crippen LogP contribution in [-0.4, -0.2) is 20.1 Å². The highest BCUT2D eigenvalue weighted by molar-refractivity contribution is 5.93. The van der Waals surface area contributed by atoms with Gasteiger partial charge in [0.2, 0.25) is 0 Å². The summed E-state index contributed by atoms with van der Waals surface area (Å²) in [7, 11) is 3.15. The molecule has 1 aromatic carbocycles. The molecule has 90 valence electrons. The molecule has 1 amide bonds. The van der Waals surface area contributed by atoms with Gasteiger partial charge in [-0.05, 0) is 31.0 Å². The number of methoxy groups -OCH3 is 2. The van der Waals surface area contributed by atoms with E-state index in [2.05, 4.69) is 5.32 Å². The Labute approximate surface area is 101 Å². The predicted molar refractivity (Wildman–Crippen MR) is 64.9 cm³/mol. The quantitative estimate of drug-likeness (QED) is 0.802. The van der Waals surface area contributed by atoms with Gasteiger partial charge >= 0.3 is 0 Å². The molecule has 0 radical (unpaired) electrons. The molecule has 17 heavy (non-hydrogen) atoms. The van der Waals surface area contributed by atoms with E-state index in [9.17, 15) is 4.79 Å². The van der Waals surface area contributed by atoms with E-state index >= 15 is 0 Å². The molecule has 1 N–H and O–H groups in total. The zero-order chi connectivity index (χ0) is 12.8. The van der Waals surface area contributed by atoms with Crippen LogP contribution in [0, 0.1) is 12.3 Å². The number of ether oxygens (including phenoxy) is 2. The highest BCUT2D eigenvalue weighted by Gasteiger charge is 2.14. The van der Waals surface area contributed by atoms with Gasteiger partial charge in [-0.25, -0.2) is 0 Å². The van der Waals surface area contributed by atoms with E-state index in [0.717, 1.165) is 5.56 Å². The molecule has 1 aromatic rings. The Balaban J connectivity index is 3.01. The Hall–Kier alpha value is -2.15. The van der Waals surface area contributed by atoms with Crippen molar-refractivity contribution in [2.75, 3.05) is 14.2 Å². The van der Waals surface area contributed by atoms with Crippen molar-refractivity contribution < 1.29 is 14.3 Å². The third-order valence-electron chi connectivity index (χ3n) is 2.38. The van der Waals surface area contributed by atoms with Crippen molar-refractivity contribution in [2.24, 2.45) is 0 Å². The summed E-state index contributed by atoms with van der Waals surface area (Å²) in [5.74, 6) is 2.93. The molecule has 0 saturated carbocycles. The second-order valence-electron chi connectivity index (χ2n) is 3.45. The summed E-state index contributed by atoms with van der Waals surface area (Å²) in [6.45, 7) is 1.83. The molecule has 4 nitrogen and oxygen atoms in total. The fraction of sp³-hybridized carbons (Fsp3) is 0.308. The van der Waals surface area contributed by atoms with Crippen molar-refractivity contribution in [1.82, 2.24) is 5.32 Å². The van der Waals surface area contributed by atoms with Gasteiger partial charge in [-0.3, -0.25) is 4.79 Å². The molecule has 0 saturated heterocycles. The van der Waals surface area contributed by atoms with Gasteiger partial charge in [-0.2, -0.15) is 0 Å². The van der Waals surface area contributed by atoms with Gasteiger partial charge in [-0.15, -0.1) is 6.42 Å². The maximum Gasteiger partial charge on any atom is 0.296 e. The lowest BCUT2D eigenvalue weighted by molar-refractivity contribution is -0.116. The Morgan fingerprint density at radius 3 is 2.65 bits per heavy atom. The van der Waals surface area contributed by atoms with Crippen LogP contribution in [0.2, 0.25) is 0 Å². The number of nitrogens with one attached hydrogen (secondary N) is 1. The van der Waals surface area contributed by atoms with Crippen LogP contribution in [0.1, 0.15) is 18.5 Å². The van der Waals surface area contributed by atoms with Crippen molar-refractivity contribution in [2.45, 2.75) is 13.0 Å². The van der Waals surface area contributed by atoms with Crippen LogP contribution in [0.3, 0.4) is 0 Å². The SMILES string of the molecule is C#CC(=O)NC(C)c1cc(OC)ccc1OC. The van der Waals surface area contributed by atoms with Crippen LogP contribution in [0.4, 0.5) is 0 Å². The summed E-state index contributed by atoms with van der Waals surface area (Å²) >= 11 is 0. The van der Waals surface area contributed by atoms with E-state index in [1.54, 1.807) is 32.4 Å². The second kappa shape index (κ2) is 5.80. The van der Waals surface area contributed by atoms with E-state index in [4.69, 9.17) is 15.9 Å². The number of carbonyl (C=O) groups is 1. The minimum absolute atomic E-state index is 0.247. The number of hydrogen-bond donors (Lipinski definition) is 1. The standard InChI is InChI=1S/C13H15NO3/c1-5-13(15)14-9(2)11-8-10(16-3)6-7-12(11)17-4/h1,6-9H,2-4H3,(H,14,15). The van der Waals surface area contributed by atoms with Gasteiger partial charge < -0.3 is 14.8 Å². The van der Waals surface area contributed by atoms with Crippen LogP contribution in [0.5, 0.6) is 11.5 Å². The largest absolute Gasteiger partial charge is 0.497 e. The first-order chi connectivity index (χ1) is 8.12. The Morgan fingerprint density at radius 1 is 1.41 bits per heavy atom. The molecule has 0 spiro atoms. The number of carbonyl (C=O) groups excluding carboxylic acids is 1. The van der Waals surface area contributed by atoms with Crippen molar-refractivity contribution in [1.29, 1.82) is 0 Å². The Kier molecular flexibility index (Phi) is 4.41. The summed E-state index contributed by atoms with van der Waals surface area (Å²) in [4.78, 5) is 11.1. The molecule has 1 rings (SSSR count). The van der Waals surface area contributed by atoms with Crippen LogP contribution < -0.4 is 14.8 Å². The smallest absolute Gasteiger partial charge is 0.296 e. The minimum Gasteiger partial charge on any atom is -0.497 e. The van der Waals surface area contributed by atoms with Crippen LogP contribution in [0.25, 0.3) is 0 Å². The van der Waals surface area contributed by atoms with Crippen LogP contribution >= 0.6 is 0 Å². The molecule has 1 atom stereocenters. The second-order valence-corrected chi connectivity index (χ2v) is 3.45. The molecule has 0 heterocycles. The molecular formula is C13H15NO3. The highest BCUT2D eigenvalue weighted by Crippen LogP contribution is 2.28. The van der Waals surface area contributed by atoms with Gasteiger partial charge in [0.05, 0.1) is 20.3 Å². The van der Waals surface area contributed by atoms with Crippen LogP contribution in [0.15, 0.2) is 18.2 Å². The first-order valence-corrected chi connectivity index (χ1v) is 5.11. The molecule has 0 fully saturated rings. The molecule has 0 aliphatic rings. The fourth-order valence-corrected chi connectivity index (χ4v) is 1.49. The van der Waals surface area contributed by atoms with Gasteiger partial charge in [0.25, 0.3) is 5.91 Å². The summed E-state index contributed by atoms with van der Waals surface area (Å²) in [5, 5.41) is 2.66. The summed E-state index contributed by atoms with van der Waals surface area (Å²) in [6.07, 6.45) is 5.01. The topological polar surface area (TPSA) is 47.6 Å². The lowest BCUT2D eigenvalue weighted by atomic mass is 10.1. The van der Waals surface area contributed by atoms with E-state index in [1.165, 1.54) is 0 Å². The number of rotatable bonds is 4. The molecule has 4 heteroatoms. The normalized spacial score (nSPS) is 11.2. The summed E-state index contributed by atoms with van der Waals surface area (Å²) < 4.78 is 10.3. The van der Waals surface area contributed by atoms with Crippen molar-refractivity contribution in [3.63, 3.8) is 0 Å². The average molecular weight is 233 g/mol. The molecule has 0 bridgehead atoms. The van der Waals surface area contributed by atoms with Crippen molar-refractivity contribution in [3.8, 4) is 23.8 Å². The summed E-state index contributed by atoms with van der Waals surface area (Å²) in [6, 6.07) is 5.13. The van der Waals surface area contributed by atoms with E-state index in [1.807, 2.05) is 12.8 Å². The summed E-state index contributed by atoms with van der Waals surface area (Å²) in [5.41, 5.74) is 0.815. The number of amides is 1. The predicted octanol–water partition coefficient (Wildman–Crippen LogP) is 1.51. The lowest BCUT2D eigenvalue weighted by Crippen LogP contribution is -2.25. The number of hydrogen-bond acceptors (Lipinski definition) is 3. The van der Waals surface area contributed by atoms with Gasteiger partial charge in [0, 0.05) is 5.56 Å². The van der Waals surface area contributed by atoms with E-state index < -0.39 is 5.91 Å². The first-order valence-electron chi connectivity index (χ1n) is 5.11. The zero-order valence-corrected chi connectivity index (χ0v) is 10.1. The zero-order valence-electron chi connectivity index (χ0n) is 10.1. The fourth-order valence-electron chi connectivity index (χ4n) is 1.49. The van der Waals surface area contributed by atoms with Gasteiger partial charge in [-0.1, -0.05) is 0 Å². The lowest BCUT2D eigenvalue weighted by Gasteiger charge is -2.16. The maximum atomic E-state index is 11.1. The number of terminal acetylenes is 1. The minimum atomic E-state index is -0.456.